The van der Waals surface area contributed by atoms with Gasteiger partial charge in [0.25, 0.3) is 0 Å². The topological polar surface area (TPSA) is 18.5 Å². The van der Waals surface area contributed by atoms with Gasteiger partial charge < -0.3 is 26.5 Å². The molecule has 0 fully saturated rings. The van der Waals surface area contributed by atoms with Crippen LogP contribution in [0.15, 0.2) is 18.2 Å². The fourth-order valence-electron chi connectivity index (χ4n) is 0.958. The van der Waals surface area contributed by atoms with E-state index in [9.17, 15) is 0 Å². The molecule has 4 heteroatoms. The Morgan fingerprint density at radius 1 is 1.40 bits per heavy atom. The Morgan fingerprint density at radius 2 is 2.07 bits per heavy atom. The third kappa shape index (κ3) is 5.63. The van der Waals surface area contributed by atoms with Crippen molar-refractivity contribution in [3.05, 3.63) is 24.3 Å². The number of rotatable bonds is 4. The minimum atomic E-state index is 0. The summed E-state index contributed by atoms with van der Waals surface area (Å²) in [6.45, 7) is 4.13. The summed E-state index contributed by atoms with van der Waals surface area (Å²) in [7, 11) is 1.63. The van der Waals surface area contributed by atoms with Gasteiger partial charge in [0.15, 0.2) is 0 Å². The standard InChI is InChI=1S/C11H15O2.BrH.Mg/c1-4-9(2)13-11-8-6-5-7-10(11)12-3;;/h6-9H,4H2,1-3H3;1H;/q-1;;+2/p-1. The maximum absolute atomic E-state index is 5.64. The number of hydrogen-bond acceptors (Lipinski definition) is 2. The molecule has 15 heavy (non-hydrogen) atoms. The van der Waals surface area contributed by atoms with E-state index in [1.807, 2.05) is 19.1 Å². The van der Waals surface area contributed by atoms with Crippen LogP contribution >= 0.6 is 0 Å². The Balaban J connectivity index is 0. The quantitative estimate of drug-likeness (QED) is 0.537. The van der Waals surface area contributed by atoms with E-state index >= 15 is 0 Å². The molecule has 0 aliphatic carbocycles. The van der Waals surface area contributed by atoms with Gasteiger partial charge in [-0.3, -0.25) is 0 Å². The monoisotopic (exact) mass is 282 g/mol. The van der Waals surface area contributed by atoms with Gasteiger partial charge in [-0.05, 0) is 13.3 Å². The average molecular weight is 283 g/mol. The molecule has 0 radical (unpaired) electrons. The van der Waals surface area contributed by atoms with Gasteiger partial charge >= 0.3 is 23.1 Å². The molecule has 1 atom stereocenters. The van der Waals surface area contributed by atoms with Crippen LogP contribution in [0.5, 0.6) is 11.5 Å². The van der Waals surface area contributed by atoms with Crippen LogP contribution in [0.3, 0.4) is 0 Å². The van der Waals surface area contributed by atoms with E-state index in [0.717, 1.165) is 17.9 Å². The average Bonchev–Trinajstić information content (AvgIpc) is 2.18. The van der Waals surface area contributed by atoms with Gasteiger partial charge in [0.1, 0.15) is 0 Å². The molecule has 0 spiro atoms. The van der Waals surface area contributed by atoms with Crippen LogP contribution in [0.1, 0.15) is 20.3 Å². The summed E-state index contributed by atoms with van der Waals surface area (Å²) in [5, 5.41) is 0. The Bertz CT molecular complexity index is 269. The van der Waals surface area contributed by atoms with Gasteiger partial charge in [-0.1, -0.05) is 6.92 Å². The summed E-state index contributed by atoms with van der Waals surface area (Å²) < 4.78 is 10.8. The summed E-state index contributed by atoms with van der Waals surface area (Å²) in [5.74, 6) is 1.53. The molecule has 80 valence electrons. The number of ether oxygens (including phenoxy) is 2. The summed E-state index contributed by atoms with van der Waals surface area (Å²) in [6, 6.07) is 8.40. The summed E-state index contributed by atoms with van der Waals surface area (Å²) in [6.07, 6.45) is 1.21. The second-order valence-corrected chi connectivity index (χ2v) is 2.91. The molecule has 1 rings (SSSR count). The van der Waals surface area contributed by atoms with Crippen LogP contribution in [0.2, 0.25) is 0 Å². The van der Waals surface area contributed by atoms with E-state index in [4.69, 9.17) is 9.47 Å². The van der Waals surface area contributed by atoms with E-state index < -0.39 is 0 Å². The first-order valence-electron chi connectivity index (χ1n) is 4.48. The second-order valence-electron chi connectivity index (χ2n) is 2.91. The predicted octanol–water partition coefficient (Wildman–Crippen LogP) is -0.704. The molecular weight excluding hydrogens is 268 g/mol. The zero-order valence-electron chi connectivity index (χ0n) is 9.42. The van der Waals surface area contributed by atoms with Crippen LogP contribution in [-0.4, -0.2) is 36.3 Å². The van der Waals surface area contributed by atoms with Gasteiger partial charge in [0, 0.05) is 5.75 Å². The Labute approximate surface area is 118 Å². The molecule has 0 amide bonds. The Morgan fingerprint density at radius 3 is 2.60 bits per heavy atom. The summed E-state index contributed by atoms with van der Waals surface area (Å²) >= 11 is 0. The molecule has 0 saturated carbocycles. The van der Waals surface area contributed by atoms with E-state index in [0.29, 0.717) is 0 Å². The van der Waals surface area contributed by atoms with E-state index in [-0.39, 0.29) is 46.1 Å². The van der Waals surface area contributed by atoms with Crippen LogP contribution in [0.4, 0.5) is 0 Å². The first kappa shape index (κ1) is 17.5. The SMILES string of the molecule is CCC(C)Oc1cc[c-]cc1OC.[Br-].[Mg+2]. The second kappa shape index (κ2) is 9.30. The van der Waals surface area contributed by atoms with Gasteiger partial charge in [0.2, 0.25) is 0 Å². The van der Waals surface area contributed by atoms with Crippen molar-refractivity contribution >= 4 is 23.1 Å². The number of methoxy groups -OCH3 is 1. The van der Waals surface area contributed by atoms with Crippen molar-refractivity contribution in [3.63, 3.8) is 0 Å². The first-order valence-corrected chi connectivity index (χ1v) is 4.48. The smallest absolute Gasteiger partial charge is 1.00 e. The third-order valence-corrected chi connectivity index (χ3v) is 1.91. The van der Waals surface area contributed by atoms with Gasteiger partial charge in [0.05, 0.1) is 19.0 Å². The van der Waals surface area contributed by atoms with Gasteiger partial charge in [-0.15, -0.1) is 12.1 Å². The molecule has 1 aromatic carbocycles. The maximum atomic E-state index is 5.64. The molecule has 0 saturated heterocycles. The zero-order valence-corrected chi connectivity index (χ0v) is 12.4. The van der Waals surface area contributed by atoms with Crippen molar-refractivity contribution in [1.82, 2.24) is 0 Å². The normalized spacial score (nSPS) is 10.6. The zero-order chi connectivity index (χ0) is 9.68. The minimum Gasteiger partial charge on any atom is -1.00 e. The molecule has 1 aromatic rings. The van der Waals surface area contributed by atoms with Crippen molar-refractivity contribution in [3.8, 4) is 11.5 Å². The largest absolute Gasteiger partial charge is 2.00 e. The number of halogens is 1. The molecule has 0 N–H and O–H groups in total. The molecule has 0 heterocycles. The van der Waals surface area contributed by atoms with Crippen LogP contribution in [0, 0.1) is 6.07 Å². The summed E-state index contributed by atoms with van der Waals surface area (Å²) in [4.78, 5) is 0. The molecule has 0 bridgehead atoms. The van der Waals surface area contributed by atoms with Gasteiger partial charge in [-0.2, -0.15) is 12.1 Å². The maximum Gasteiger partial charge on any atom is 2.00 e. The van der Waals surface area contributed by atoms with Crippen molar-refractivity contribution in [2.45, 2.75) is 26.4 Å². The fourth-order valence-corrected chi connectivity index (χ4v) is 0.958. The van der Waals surface area contributed by atoms with Gasteiger partial charge in [-0.25, -0.2) is 0 Å². The molecule has 0 aliphatic rings. The molecule has 1 unspecified atom stereocenters. The van der Waals surface area contributed by atoms with Crippen molar-refractivity contribution < 1.29 is 26.5 Å². The number of benzene rings is 1. The van der Waals surface area contributed by atoms with E-state index in [1.54, 1.807) is 13.2 Å². The van der Waals surface area contributed by atoms with Crippen molar-refractivity contribution in [2.75, 3.05) is 7.11 Å². The third-order valence-electron chi connectivity index (χ3n) is 1.91. The van der Waals surface area contributed by atoms with Crippen LogP contribution in [0.25, 0.3) is 0 Å². The predicted molar refractivity (Wildman–Crippen MR) is 58.0 cm³/mol. The van der Waals surface area contributed by atoms with E-state index in [1.165, 1.54) is 0 Å². The first-order chi connectivity index (χ1) is 6.27. The minimum absolute atomic E-state index is 0. The van der Waals surface area contributed by atoms with Crippen molar-refractivity contribution in [2.24, 2.45) is 0 Å². The van der Waals surface area contributed by atoms with Crippen molar-refractivity contribution in [1.29, 1.82) is 0 Å². The van der Waals surface area contributed by atoms with Crippen LogP contribution in [-0.2, 0) is 0 Å². The number of hydrogen-bond donors (Lipinski definition) is 0. The summed E-state index contributed by atoms with van der Waals surface area (Å²) in [5.41, 5.74) is 0. The Hall–Kier alpha value is 0.0662. The van der Waals surface area contributed by atoms with E-state index in [2.05, 4.69) is 13.0 Å². The molecule has 2 nitrogen and oxygen atoms in total. The molecular formula is C11H15BrMgO2. The molecule has 0 aliphatic heterocycles. The fraction of sp³-hybridized carbons (Fsp3) is 0.455. The molecule has 0 aromatic heterocycles. The Kier molecular flexibility index (Phi) is 10.8. The van der Waals surface area contributed by atoms with Crippen LogP contribution < -0.4 is 26.5 Å².